The van der Waals surface area contributed by atoms with Gasteiger partial charge in [0.25, 0.3) is 0 Å². The summed E-state index contributed by atoms with van der Waals surface area (Å²) in [6, 6.07) is 9.95. The largest absolute Gasteiger partial charge is 0.257 e. The zero-order chi connectivity index (χ0) is 15.5. The van der Waals surface area contributed by atoms with E-state index in [1.807, 2.05) is 0 Å². The first-order valence-corrected chi connectivity index (χ1v) is 7.52. The molecular formula is C14H12FN3O2S. The van der Waals surface area contributed by atoms with Crippen LogP contribution in [0.3, 0.4) is 0 Å². The summed E-state index contributed by atoms with van der Waals surface area (Å²) in [4.78, 5) is 4.02. The molecule has 0 saturated carbocycles. The van der Waals surface area contributed by atoms with Crippen LogP contribution in [-0.2, 0) is 16.6 Å². The second-order valence-corrected chi connectivity index (χ2v) is 6.12. The van der Waals surface area contributed by atoms with Crippen LogP contribution in [0.5, 0.6) is 0 Å². The van der Waals surface area contributed by atoms with Crippen molar-refractivity contribution >= 4 is 10.0 Å². The molecule has 1 aromatic carbocycles. The number of nitriles is 1. The number of aromatic nitrogens is 1. The molecule has 1 heterocycles. The number of halogens is 1. The van der Waals surface area contributed by atoms with Crippen molar-refractivity contribution in [2.45, 2.75) is 18.4 Å². The molecule has 1 N–H and O–H groups in total. The molecule has 0 aliphatic carbocycles. The smallest absolute Gasteiger partial charge is 0.240 e. The van der Waals surface area contributed by atoms with Crippen molar-refractivity contribution in [3.05, 3.63) is 59.2 Å². The third-order valence-electron chi connectivity index (χ3n) is 2.76. The van der Waals surface area contributed by atoms with Crippen LogP contribution in [0.4, 0.5) is 4.39 Å². The van der Waals surface area contributed by atoms with E-state index in [1.165, 1.54) is 0 Å². The van der Waals surface area contributed by atoms with E-state index in [2.05, 4.69) is 9.71 Å². The molecule has 5 nitrogen and oxygen atoms in total. The second-order valence-electron chi connectivity index (χ2n) is 4.35. The number of aryl methyl sites for hydroxylation is 1. The number of nitrogens with zero attached hydrogens (tertiary/aromatic N) is 2. The molecule has 0 amide bonds. The van der Waals surface area contributed by atoms with E-state index in [4.69, 9.17) is 5.26 Å². The van der Waals surface area contributed by atoms with Gasteiger partial charge in [0, 0.05) is 5.69 Å². The van der Waals surface area contributed by atoms with Crippen molar-refractivity contribution in [2.24, 2.45) is 0 Å². The summed E-state index contributed by atoms with van der Waals surface area (Å²) in [5.41, 5.74) is 1.04. The third kappa shape index (κ3) is 3.62. The van der Waals surface area contributed by atoms with Crippen LogP contribution < -0.4 is 4.72 Å². The van der Waals surface area contributed by atoms with Gasteiger partial charge in [-0.3, -0.25) is 4.98 Å². The van der Waals surface area contributed by atoms with Gasteiger partial charge in [-0.1, -0.05) is 6.07 Å². The monoisotopic (exact) mass is 305 g/mol. The van der Waals surface area contributed by atoms with Crippen molar-refractivity contribution in [1.29, 1.82) is 5.26 Å². The molecule has 0 radical (unpaired) electrons. The summed E-state index contributed by atoms with van der Waals surface area (Å²) in [5, 5.41) is 8.73. The molecule has 0 unspecified atom stereocenters. The summed E-state index contributed by atoms with van der Waals surface area (Å²) < 4.78 is 39.8. The maximum atomic E-state index is 13.2. The highest BCUT2D eigenvalue weighted by molar-refractivity contribution is 7.89. The predicted molar refractivity (Wildman–Crippen MR) is 74.1 cm³/mol. The molecule has 0 spiro atoms. The second kappa shape index (κ2) is 5.99. The first kappa shape index (κ1) is 15.1. The Morgan fingerprint density at radius 1 is 1.33 bits per heavy atom. The molecule has 108 valence electrons. The summed E-state index contributed by atoms with van der Waals surface area (Å²) >= 11 is 0. The molecule has 0 atom stereocenters. The van der Waals surface area contributed by atoms with Gasteiger partial charge in [-0.2, -0.15) is 5.26 Å². The van der Waals surface area contributed by atoms with Crippen LogP contribution >= 0.6 is 0 Å². The van der Waals surface area contributed by atoms with Crippen molar-refractivity contribution < 1.29 is 12.8 Å². The van der Waals surface area contributed by atoms with E-state index in [0.29, 0.717) is 5.69 Å². The Balaban J connectivity index is 2.21. The number of hydrogen-bond acceptors (Lipinski definition) is 4. The van der Waals surface area contributed by atoms with Crippen LogP contribution in [0.25, 0.3) is 0 Å². The van der Waals surface area contributed by atoms with E-state index < -0.39 is 15.8 Å². The van der Waals surface area contributed by atoms with Crippen LogP contribution in [-0.4, -0.2) is 13.4 Å². The van der Waals surface area contributed by atoms with Crippen molar-refractivity contribution in [3.8, 4) is 6.07 Å². The van der Waals surface area contributed by atoms with Gasteiger partial charge < -0.3 is 0 Å². The molecular weight excluding hydrogens is 293 g/mol. The first-order chi connectivity index (χ1) is 9.92. The van der Waals surface area contributed by atoms with Gasteiger partial charge >= 0.3 is 0 Å². The summed E-state index contributed by atoms with van der Waals surface area (Å²) in [6.07, 6.45) is 0. The Bertz CT molecular complexity index is 813. The van der Waals surface area contributed by atoms with Gasteiger partial charge in [-0.05, 0) is 37.3 Å². The van der Waals surface area contributed by atoms with Gasteiger partial charge in [0.05, 0.1) is 22.7 Å². The fraction of sp³-hybridized carbons (Fsp3) is 0.143. The highest BCUT2D eigenvalue weighted by Crippen LogP contribution is 2.14. The van der Waals surface area contributed by atoms with E-state index in [0.717, 1.165) is 23.9 Å². The molecule has 2 rings (SSSR count). The quantitative estimate of drug-likeness (QED) is 0.935. The number of benzene rings is 1. The number of rotatable bonds is 4. The third-order valence-corrected chi connectivity index (χ3v) is 4.16. The fourth-order valence-corrected chi connectivity index (χ4v) is 2.73. The Morgan fingerprint density at radius 2 is 2.10 bits per heavy atom. The Hall–Kier alpha value is -2.30. The fourth-order valence-electron chi connectivity index (χ4n) is 1.71. The average molecular weight is 305 g/mol. The van der Waals surface area contributed by atoms with Gasteiger partial charge in [0.15, 0.2) is 0 Å². The van der Waals surface area contributed by atoms with Gasteiger partial charge in [0.2, 0.25) is 10.0 Å². The van der Waals surface area contributed by atoms with E-state index in [1.54, 1.807) is 31.2 Å². The molecule has 0 fully saturated rings. The average Bonchev–Trinajstić information content (AvgIpc) is 2.46. The molecule has 1 aromatic heterocycles. The maximum Gasteiger partial charge on any atom is 0.240 e. The lowest BCUT2D eigenvalue weighted by molar-refractivity contribution is 0.579. The minimum absolute atomic E-state index is 0.0171. The SMILES string of the molecule is Cc1cccc(CNS(=O)(=O)c2ccc(F)c(C#N)c2)n1. The number of nitrogens with one attached hydrogen (secondary N) is 1. The van der Waals surface area contributed by atoms with E-state index in [-0.39, 0.29) is 17.0 Å². The van der Waals surface area contributed by atoms with Gasteiger partial charge in [0.1, 0.15) is 11.9 Å². The van der Waals surface area contributed by atoms with Crippen molar-refractivity contribution in [3.63, 3.8) is 0 Å². The van der Waals surface area contributed by atoms with Crippen LogP contribution in [0.15, 0.2) is 41.3 Å². The van der Waals surface area contributed by atoms with Crippen molar-refractivity contribution in [2.75, 3.05) is 0 Å². The molecule has 21 heavy (non-hydrogen) atoms. The zero-order valence-corrected chi connectivity index (χ0v) is 12.0. The zero-order valence-electron chi connectivity index (χ0n) is 11.2. The number of pyridine rings is 1. The lowest BCUT2D eigenvalue weighted by atomic mass is 10.2. The Labute approximate surface area is 122 Å². The van der Waals surface area contributed by atoms with E-state index in [9.17, 15) is 12.8 Å². The summed E-state index contributed by atoms with van der Waals surface area (Å²) in [7, 11) is -3.83. The number of sulfonamides is 1. The number of hydrogen-bond donors (Lipinski definition) is 1. The molecule has 0 bridgehead atoms. The topological polar surface area (TPSA) is 82.9 Å². The Kier molecular flexibility index (Phi) is 4.31. The minimum atomic E-state index is -3.83. The normalized spacial score (nSPS) is 11.1. The van der Waals surface area contributed by atoms with E-state index >= 15 is 0 Å². The van der Waals surface area contributed by atoms with Crippen molar-refractivity contribution in [1.82, 2.24) is 9.71 Å². The van der Waals surface area contributed by atoms with Crippen LogP contribution in [0.1, 0.15) is 17.0 Å². The molecule has 2 aromatic rings. The predicted octanol–water partition coefficient (Wildman–Crippen LogP) is 1.88. The highest BCUT2D eigenvalue weighted by atomic mass is 32.2. The molecule has 0 aliphatic rings. The summed E-state index contributed by atoms with van der Waals surface area (Å²) in [5.74, 6) is -0.753. The first-order valence-electron chi connectivity index (χ1n) is 6.04. The highest BCUT2D eigenvalue weighted by Gasteiger charge is 2.16. The molecule has 0 aliphatic heterocycles. The minimum Gasteiger partial charge on any atom is -0.257 e. The lowest BCUT2D eigenvalue weighted by Gasteiger charge is -2.07. The maximum absolute atomic E-state index is 13.2. The van der Waals surface area contributed by atoms with Gasteiger partial charge in [-0.25, -0.2) is 17.5 Å². The summed E-state index contributed by atoms with van der Waals surface area (Å²) in [6.45, 7) is 1.82. The van der Waals surface area contributed by atoms with Crippen LogP contribution in [0.2, 0.25) is 0 Å². The van der Waals surface area contributed by atoms with Gasteiger partial charge in [-0.15, -0.1) is 0 Å². The Morgan fingerprint density at radius 3 is 2.76 bits per heavy atom. The lowest BCUT2D eigenvalue weighted by Crippen LogP contribution is -2.24. The molecule has 7 heteroatoms. The molecule has 0 saturated heterocycles. The van der Waals surface area contributed by atoms with Crippen LogP contribution in [0, 0.1) is 24.1 Å². The standard InChI is InChI=1S/C14H12FN3O2S/c1-10-3-2-4-12(18-10)9-17-21(19,20)13-5-6-14(15)11(7-13)8-16/h2-7,17H,9H2,1H3.